The van der Waals surface area contributed by atoms with E-state index in [0.717, 1.165) is 22.3 Å². The smallest absolute Gasteiger partial charge is 0.337 e. The number of fused-ring (bicyclic) bond motifs is 3. The van der Waals surface area contributed by atoms with Crippen LogP contribution in [0.15, 0.2) is 48.5 Å². The molecule has 24 heavy (non-hydrogen) atoms. The van der Waals surface area contributed by atoms with Gasteiger partial charge in [0, 0.05) is 5.92 Å². The molecule has 0 radical (unpaired) electrons. The third-order valence-electron chi connectivity index (χ3n) is 4.50. The van der Waals surface area contributed by atoms with E-state index in [-0.39, 0.29) is 6.42 Å². The van der Waals surface area contributed by atoms with Crippen molar-refractivity contribution in [1.82, 2.24) is 0 Å². The van der Waals surface area contributed by atoms with Crippen LogP contribution in [-0.4, -0.2) is 29.2 Å². The molecule has 5 nitrogen and oxygen atoms in total. The molecule has 0 fully saturated rings. The summed E-state index contributed by atoms with van der Waals surface area (Å²) >= 11 is 0. The summed E-state index contributed by atoms with van der Waals surface area (Å²) in [6.45, 7) is 0.209. The summed E-state index contributed by atoms with van der Waals surface area (Å²) in [6.07, 6.45) is -0.119. The topological polar surface area (TPSA) is 89.6 Å². The van der Waals surface area contributed by atoms with Gasteiger partial charge in [-0.15, -0.1) is 0 Å². The number of rotatable bonds is 5. The summed E-state index contributed by atoms with van der Waals surface area (Å²) in [7, 11) is 0. The number of hydrogen-bond acceptors (Lipinski definition) is 4. The number of ether oxygens (including phenoxy) is 1. The van der Waals surface area contributed by atoms with Crippen molar-refractivity contribution in [2.75, 3.05) is 6.58 Å². The van der Waals surface area contributed by atoms with Crippen molar-refractivity contribution in [3.8, 4) is 11.1 Å². The maximum Gasteiger partial charge on any atom is 0.337 e. The average molecular weight is 326 g/mol. The number of benzene rings is 2. The summed E-state index contributed by atoms with van der Waals surface area (Å²) in [6, 6.07) is 15.2. The number of hydrogen-bond donors (Lipinski definition) is 2. The lowest BCUT2D eigenvalue weighted by Gasteiger charge is -2.22. The third-order valence-corrected chi connectivity index (χ3v) is 4.50. The molecular formula is C19H19NO4. The lowest BCUT2D eigenvalue weighted by Crippen LogP contribution is -2.55. The van der Waals surface area contributed by atoms with Crippen molar-refractivity contribution in [2.45, 2.75) is 24.8 Å². The van der Waals surface area contributed by atoms with E-state index >= 15 is 0 Å². The van der Waals surface area contributed by atoms with Gasteiger partial charge >= 0.3 is 11.9 Å². The highest BCUT2D eigenvalue weighted by molar-refractivity contribution is 6.03. The second-order valence-electron chi connectivity index (χ2n) is 5.82. The first-order valence-electron chi connectivity index (χ1n) is 8.31. The second kappa shape index (κ2) is 6.09. The molecular weight excluding hydrogens is 306 g/mol. The summed E-state index contributed by atoms with van der Waals surface area (Å²) in [5.74, 6) is -3.03. The van der Waals surface area contributed by atoms with Gasteiger partial charge in [-0.1, -0.05) is 55.5 Å². The summed E-state index contributed by atoms with van der Waals surface area (Å²) in [5, 5.41) is 9.21. The van der Waals surface area contributed by atoms with Crippen LogP contribution >= 0.6 is 0 Å². The van der Waals surface area contributed by atoms with Crippen LogP contribution in [0, 0.1) is 0 Å². The largest absolute Gasteiger partial charge is 0.479 e. The molecule has 2 aromatic carbocycles. The van der Waals surface area contributed by atoms with Crippen LogP contribution in [-0.2, 0) is 14.3 Å². The number of aliphatic carboxylic acids is 1. The minimum atomic E-state index is -2.14. The van der Waals surface area contributed by atoms with Crippen molar-refractivity contribution in [2.24, 2.45) is 5.73 Å². The van der Waals surface area contributed by atoms with Crippen LogP contribution in [0.3, 0.4) is 0 Å². The monoisotopic (exact) mass is 326 g/mol. The summed E-state index contributed by atoms with van der Waals surface area (Å²) in [4.78, 5) is 23.6. The van der Waals surface area contributed by atoms with Gasteiger partial charge in [0.1, 0.15) is 6.58 Å². The quantitative estimate of drug-likeness (QED) is 0.651. The minimum Gasteiger partial charge on any atom is -0.479 e. The third kappa shape index (κ3) is 2.47. The fraction of sp³-hybridized carbons (Fsp3) is 0.263. The Labute approximate surface area is 141 Å². The molecule has 124 valence electrons. The molecule has 0 aromatic heterocycles. The highest BCUT2D eigenvalue weighted by atomic mass is 16.5. The van der Waals surface area contributed by atoms with Crippen LogP contribution in [0.5, 0.6) is 0 Å². The van der Waals surface area contributed by atoms with Gasteiger partial charge in [0.2, 0.25) is 5.54 Å². The number of carbonyl (C=O) groups is 2. The van der Waals surface area contributed by atoms with E-state index in [2.05, 4.69) is 0 Å². The van der Waals surface area contributed by atoms with E-state index in [9.17, 15) is 14.7 Å². The molecule has 0 heterocycles. The Balaban J connectivity index is 1.94. The van der Waals surface area contributed by atoms with E-state index in [1.165, 1.54) is 6.92 Å². The normalized spacial score (nSPS) is 17.2. The van der Waals surface area contributed by atoms with E-state index in [1.807, 2.05) is 48.5 Å². The van der Waals surface area contributed by atoms with Crippen LogP contribution < -0.4 is 5.73 Å². The Morgan fingerprint density at radius 1 is 1.17 bits per heavy atom. The maximum atomic E-state index is 12.3. The molecule has 2 atom stereocenters. The Hall–Kier alpha value is -2.66. The predicted octanol–water partition coefficient (Wildman–Crippen LogP) is 2.53. The zero-order valence-electron chi connectivity index (χ0n) is 14.2. The maximum absolute atomic E-state index is 12.3. The van der Waals surface area contributed by atoms with Gasteiger partial charge in [-0.3, -0.25) is 0 Å². The molecule has 0 saturated carbocycles. The number of carboxylic acids is 1. The molecule has 0 saturated heterocycles. The van der Waals surface area contributed by atoms with E-state index in [4.69, 9.17) is 11.8 Å². The first-order valence-corrected chi connectivity index (χ1v) is 7.74. The van der Waals surface area contributed by atoms with Gasteiger partial charge in [-0.05, 0) is 28.7 Å². The number of carbonyl (C=O) groups excluding carboxylic acids is 1. The highest BCUT2D eigenvalue weighted by Crippen LogP contribution is 2.44. The summed E-state index contributed by atoms with van der Waals surface area (Å²) in [5.41, 5.74) is 7.26. The van der Waals surface area contributed by atoms with Gasteiger partial charge in [0.25, 0.3) is 0 Å². The lowest BCUT2D eigenvalue weighted by atomic mass is 9.96. The van der Waals surface area contributed by atoms with E-state index in [1.54, 1.807) is 0 Å². The Kier molecular flexibility index (Phi) is 3.78. The molecule has 0 spiro atoms. The second-order valence-corrected chi connectivity index (χ2v) is 5.82. The molecule has 5 heteroatoms. The molecule has 0 bridgehead atoms. The van der Waals surface area contributed by atoms with Gasteiger partial charge < -0.3 is 15.6 Å². The van der Waals surface area contributed by atoms with Crippen LogP contribution in [0.1, 0.15) is 31.8 Å². The fourth-order valence-corrected chi connectivity index (χ4v) is 2.96. The van der Waals surface area contributed by atoms with Crippen molar-refractivity contribution in [3.63, 3.8) is 0 Å². The van der Waals surface area contributed by atoms with E-state index < -0.39 is 30.0 Å². The van der Waals surface area contributed by atoms with Gasteiger partial charge in [0.05, 0.1) is 1.37 Å². The SMILES string of the molecule is [2H]C(OC(=O)C(N)(CC)C(=O)O)C1c2ccccc2-c2ccccc21. The number of carboxylic acid groups (broad SMARTS) is 1. The summed E-state index contributed by atoms with van der Waals surface area (Å²) < 4.78 is 13.6. The lowest BCUT2D eigenvalue weighted by molar-refractivity contribution is -0.161. The molecule has 1 aliphatic rings. The zero-order chi connectivity index (χ0) is 18.2. The molecule has 1 aliphatic carbocycles. The number of esters is 1. The van der Waals surface area contributed by atoms with Crippen molar-refractivity contribution < 1.29 is 20.8 Å². The van der Waals surface area contributed by atoms with Crippen LogP contribution in [0.25, 0.3) is 11.1 Å². The van der Waals surface area contributed by atoms with Crippen molar-refractivity contribution in [1.29, 1.82) is 0 Å². The average Bonchev–Trinajstić information content (AvgIpc) is 2.95. The molecule has 3 rings (SSSR count). The highest BCUT2D eigenvalue weighted by Gasteiger charge is 2.43. The van der Waals surface area contributed by atoms with Crippen molar-refractivity contribution in [3.05, 3.63) is 59.7 Å². The van der Waals surface area contributed by atoms with Gasteiger partial charge in [-0.25, -0.2) is 9.59 Å². The van der Waals surface area contributed by atoms with E-state index in [0.29, 0.717) is 0 Å². The minimum absolute atomic E-state index is 0.119. The van der Waals surface area contributed by atoms with Crippen molar-refractivity contribution >= 4 is 11.9 Å². The van der Waals surface area contributed by atoms with Gasteiger partial charge in [0.15, 0.2) is 0 Å². The van der Waals surface area contributed by atoms with Crippen LogP contribution in [0.2, 0.25) is 0 Å². The first-order chi connectivity index (χ1) is 11.9. The van der Waals surface area contributed by atoms with Gasteiger partial charge in [-0.2, -0.15) is 0 Å². The Morgan fingerprint density at radius 2 is 1.67 bits per heavy atom. The Morgan fingerprint density at radius 3 is 2.12 bits per heavy atom. The Bertz CT molecular complexity index is 792. The fourth-order valence-electron chi connectivity index (χ4n) is 2.96. The molecule has 2 aromatic rings. The predicted molar refractivity (Wildman–Crippen MR) is 89.5 cm³/mol. The number of nitrogens with two attached hydrogens (primary N) is 1. The first kappa shape index (κ1) is 14.9. The molecule has 2 unspecified atom stereocenters. The van der Waals surface area contributed by atoms with Crippen LogP contribution in [0.4, 0.5) is 0 Å². The molecule has 0 aliphatic heterocycles. The standard InChI is InChI=1S/C19H19NO4/c1-2-19(20,17(21)22)18(23)24-11-16-14-9-5-3-7-12(14)13-8-4-6-10-15(13)16/h3-10,16H,2,11,20H2,1H3,(H,21,22)/i11D. The zero-order valence-corrected chi connectivity index (χ0v) is 13.2. The molecule has 3 N–H and O–H groups in total. The molecule has 0 amide bonds.